The van der Waals surface area contributed by atoms with Crippen LogP contribution in [-0.2, 0) is 0 Å². The van der Waals surface area contributed by atoms with Crippen molar-refractivity contribution in [3.63, 3.8) is 0 Å². The van der Waals surface area contributed by atoms with Gasteiger partial charge in [-0.3, -0.25) is 0 Å². The van der Waals surface area contributed by atoms with E-state index in [1.165, 1.54) is 31.2 Å². The molecule has 1 saturated carbocycles. The van der Waals surface area contributed by atoms with Crippen molar-refractivity contribution >= 4 is 11.0 Å². The molecule has 1 aliphatic rings. The molecule has 1 aromatic heterocycles. The van der Waals surface area contributed by atoms with E-state index in [1.807, 2.05) is 12.1 Å². The molecule has 3 rings (SSSR count). The highest BCUT2D eigenvalue weighted by Gasteiger charge is 2.18. The topological polar surface area (TPSA) is 30.2 Å². The number of hydrogen-bond acceptors (Lipinski definition) is 2. The second kappa shape index (κ2) is 5.20. The molecule has 0 amide bonds. The highest BCUT2D eigenvalue weighted by molar-refractivity contribution is 5.77. The molecule has 0 N–H and O–H groups in total. The van der Waals surface area contributed by atoms with Crippen molar-refractivity contribution in [2.24, 2.45) is 0 Å². The summed E-state index contributed by atoms with van der Waals surface area (Å²) in [6.45, 7) is 2.07. The minimum atomic E-state index is -0.136. The van der Waals surface area contributed by atoms with Gasteiger partial charge in [-0.1, -0.05) is 37.3 Å². The molecule has 2 aromatic rings. The fourth-order valence-corrected chi connectivity index (χ4v) is 3.13. The Hall–Kier alpha value is -1.57. The molecule has 19 heavy (non-hydrogen) atoms. The largest absolute Gasteiger partial charge is 0.423 e. The van der Waals surface area contributed by atoms with Crippen LogP contribution in [0, 0.1) is 6.92 Å². The Morgan fingerprint density at radius 2 is 1.79 bits per heavy atom. The van der Waals surface area contributed by atoms with Crippen LogP contribution in [0.4, 0.5) is 0 Å². The van der Waals surface area contributed by atoms with E-state index in [2.05, 4.69) is 19.1 Å². The fourth-order valence-electron chi connectivity index (χ4n) is 3.13. The third kappa shape index (κ3) is 2.58. The van der Waals surface area contributed by atoms with Crippen molar-refractivity contribution in [3.05, 3.63) is 45.8 Å². The van der Waals surface area contributed by atoms with Crippen molar-refractivity contribution in [3.8, 4) is 0 Å². The molecule has 1 fully saturated rings. The second-order valence-corrected chi connectivity index (χ2v) is 5.72. The standard InChI is InChI=1S/C17H20O2/c1-12-8-9-16-14(10-12)11-15(17(18)19-16)13-6-4-2-3-5-7-13/h8-11,13H,2-7H2,1H3. The van der Waals surface area contributed by atoms with Crippen molar-refractivity contribution < 1.29 is 4.42 Å². The van der Waals surface area contributed by atoms with Crippen molar-refractivity contribution in [2.75, 3.05) is 0 Å². The molecule has 0 radical (unpaired) electrons. The maximum absolute atomic E-state index is 12.2. The lowest BCUT2D eigenvalue weighted by molar-refractivity contribution is 0.514. The number of rotatable bonds is 1. The first-order valence-electron chi connectivity index (χ1n) is 7.28. The van der Waals surface area contributed by atoms with Crippen LogP contribution in [0.2, 0.25) is 0 Å². The molecular weight excluding hydrogens is 236 g/mol. The maximum atomic E-state index is 12.2. The van der Waals surface area contributed by atoms with E-state index >= 15 is 0 Å². The molecule has 0 bridgehead atoms. The van der Waals surface area contributed by atoms with Crippen LogP contribution < -0.4 is 5.63 Å². The predicted molar refractivity (Wildman–Crippen MR) is 77.7 cm³/mol. The van der Waals surface area contributed by atoms with Crippen LogP contribution in [0.3, 0.4) is 0 Å². The number of benzene rings is 1. The molecule has 100 valence electrons. The Labute approximate surface area is 113 Å². The first-order valence-corrected chi connectivity index (χ1v) is 7.28. The van der Waals surface area contributed by atoms with Gasteiger partial charge < -0.3 is 4.42 Å². The Morgan fingerprint density at radius 1 is 1.05 bits per heavy atom. The Balaban J connectivity index is 2.06. The molecule has 0 unspecified atom stereocenters. The van der Waals surface area contributed by atoms with Gasteiger partial charge in [0.05, 0.1) is 0 Å². The van der Waals surface area contributed by atoms with Gasteiger partial charge in [0.1, 0.15) is 5.58 Å². The second-order valence-electron chi connectivity index (χ2n) is 5.72. The van der Waals surface area contributed by atoms with Crippen molar-refractivity contribution in [1.29, 1.82) is 0 Å². The van der Waals surface area contributed by atoms with Gasteiger partial charge in [-0.15, -0.1) is 0 Å². The Kier molecular flexibility index (Phi) is 3.41. The lowest BCUT2D eigenvalue weighted by atomic mass is 9.92. The molecule has 0 aliphatic heterocycles. The van der Waals surface area contributed by atoms with E-state index < -0.39 is 0 Å². The first-order chi connectivity index (χ1) is 9.24. The van der Waals surface area contributed by atoms with Crippen LogP contribution in [0.1, 0.15) is 55.6 Å². The summed E-state index contributed by atoms with van der Waals surface area (Å²) in [5, 5.41) is 1.05. The van der Waals surface area contributed by atoms with E-state index in [0.717, 1.165) is 23.8 Å². The Bertz CT molecular complexity index is 631. The van der Waals surface area contributed by atoms with Crippen LogP contribution in [0.25, 0.3) is 11.0 Å². The molecule has 0 spiro atoms. The van der Waals surface area contributed by atoms with Crippen molar-refractivity contribution in [2.45, 2.75) is 51.4 Å². The van der Waals surface area contributed by atoms with E-state index in [9.17, 15) is 4.79 Å². The summed E-state index contributed by atoms with van der Waals surface area (Å²) >= 11 is 0. The molecule has 1 heterocycles. The summed E-state index contributed by atoms with van der Waals surface area (Å²) in [6, 6.07) is 8.03. The Morgan fingerprint density at radius 3 is 2.53 bits per heavy atom. The third-order valence-electron chi connectivity index (χ3n) is 4.21. The average molecular weight is 256 g/mol. The van der Waals surface area contributed by atoms with Crippen molar-refractivity contribution in [1.82, 2.24) is 0 Å². The third-order valence-corrected chi connectivity index (χ3v) is 4.21. The molecule has 0 atom stereocenters. The SMILES string of the molecule is Cc1ccc2oc(=O)c(C3CCCCCC3)cc2c1. The summed E-state index contributed by atoms with van der Waals surface area (Å²) in [4.78, 5) is 12.2. The minimum absolute atomic E-state index is 0.136. The normalized spacial score (nSPS) is 17.5. The van der Waals surface area contributed by atoms with E-state index in [-0.39, 0.29) is 5.63 Å². The first kappa shape index (κ1) is 12.5. The highest BCUT2D eigenvalue weighted by atomic mass is 16.4. The van der Waals surface area contributed by atoms with Gasteiger partial charge in [0.15, 0.2) is 0 Å². The zero-order chi connectivity index (χ0) is 13.2. The smallest absolute Gasteiger partial charge is 0.339 e. The van der Waals surface area contributed by atoms with Gasteiger partial charge in [-0.05, 0) is 43.9 Å². The van der Waals surface area contributed by atoms with Gasteiger partial charge in [-0.25, -0.2) is 4.79 Å². The number of aryl methyl sites for hydroxylation is 1. The van der Waals surface area contributed by atoms with Gasteiger partial charge in [0.2, 0.25) is 0 Å². The van der Waals surface area contributed by atoms with Gasteiger partial charge in [-0.2, -0.15) is 0 Å². The van der Waals surface area contributed by atoms with E-state index in [1.54, 1.807) is 0 Å². The zero-order valence-corrected chi connectivity index (χ0v) is 11.4. The fraction of sp³-hybridized carbons (Fsp3) is 0.471. The quantitative estimate of drug-likeness (QED) is 0.554. The lowest BCUT2D eigenvalue weighted by Crippen LogP contribution is -2.12. The van der Waals surface area contributed by atoms with E-state index in [0.29, 0.717) is 11.5 Å². The molecule has 1 aromatic carbocycles. The maximum Gasteiger partial charge on any atom is 0.339 e. The van der Waals surface area contributed by atoms with Crippen LogP contribution in [0.5, 0.6) is 0 Å². The van der Waals surface area contributed by atoms with Gasteiger partial charge in [0.25, 0.3) is 0 Å². The summed E-state index contributed by atoms with van der Waals surface area (Å²) < 4.78 is 5.49. The summed E-state index contributed by atoms with van der Waals surface area (Å²) in [5.41, 5.74) is 2.66. The predicted octanol–water partition coefficient (Wildman–Crippen LogP) is 4.54. The zero-order valence-electron chi connectivity index (χ0n) is 11.4. The van der Waals surface area contributed by atoms with Crippen LogP contribution in [0.15, 0.2) is 33.5 Å². The molecular formula is C17H20O2. The highest BCUT2D eigenvalue weighted by Crippen LogP contribution is 2.31. The van der Waals surface area contributed by atoms with Crippen LogP contribution in [-0.4, -0.2) is 0 Å². The van der Waals surface area contributed by atoms with Gasteiger partial charge >= 0.3 is 5.63 Å². The van der Waals surface area contributed by atoms with Gasteiger partial charge in [0, 0.05) is 10.9 Å². The molecule has 2 nitrogen and oxygen atoms in total. The minimum Gasteiger partial charge on any atom is -0.423 e. The lowest BCUT2D eigenvalue weighted by Gasteiger charge is -2.13. The monoisotopic (exact) mass is 256 g/mol. The molecule has 1 aliphatic carbocycles. The summed E-state index contributed by atoms with van der Waals surface area (Å²) in [5.74, 6) is 0.392. The summed E-state index contributed by atoms with van der Waals surface area (Å²) in [7, 11) is 0. The summed E-state index contributed by atoms with van der Waals surface area (Å²) in [6.07, 6.45) is 7.32. The van der Waals surface area contributed by atoms with Crippen LogP contribution >= 0.6 is 0 Å². The van der Waals surface area contributed by atoms with E-state index in [4.69, 9.17) is 4.42 Å². The average Bonchev–Trinajstić information content (AvgIpc) is 2.67. The number of fused-ring (bicyclic) bond motifs is 1. The molecule has 2 heteroatoms. The molecule has 0 saturated heterocycles. The number of hydrogen-bond donors (Lipinski definition) is 0.